The number of hydrogen-bond acceptors (Lipinski definition) is 2. The second-order valence-electron chi connectivity index (χ2n) is 9.86. The van der Waals surface area contributed by atoms with Gasteiger partial charge in [-0.15, -0.1) is 0 Å². The number of nitrogens with one attached hydrogen (secondary N) is 1. The summed E-state index contributed by atoms with van der Waals surface area (Å²) in [5.41, 5.74) is 1.26. The molecule has 4 unspecified atom stereocenters. The molecule has 4 atom stereocenters. The van der Waals surface area contributed by atoms with Crippen molar-refractivity contribution >= 4 is 8.24 Å². The maximum Gasteiger partial charge on any atom is 0.123 e. The topological polar surface area (TPSA) is 15.3 Å². The summed E-state index contributed by atoms with van der Waals surface area (Å²) in [5.74, 6) is 2.04. The lowest BCUT2D eigenvalue weighted by molar-refractivity contribution is 0.148. The lowest BCUT2D eigenvalue weighted by Gasteiger charge is -2.42. The fraction of sp³-hybridized carbons (Fsp3) is 1.00. The first-order valence-corrected chi connectivity index (χ1v) is 12.9. The van der Waals surface area contributed by atoms with E-state index in [1.807, 2.05) is 0 Å². The summed E-state index contributed by atoms with van der Waals surface area (Å²) in [6.07, 6.45) is 10.4. The highest BCUT2D eigenvalue weighted by Gasteiger charge is 2.52. The normalized spacial score (nSPS) is 37.5. The van der Waals surface area contributed by atoms with Crippen molar-refractivity contribution in [2.75, 3.05) is 13.1 Å². The van der Waals surface area contributed by atoms with E-state index >= 15 is 0 Å². The molecule has 0 bridgehead atoms. The summed E-state index contributed by atoms with van der Waals surface area (Å²) in [6, 6.07) is 0.923. The molecule has 3 aliphatic rings. The molecule has 0 radical (unpaired) electrons. The molecule has 128 valence electrons. The zero-order chi connectivity index (χ0) is 16.0. The Morgan fingerprint density at radius 1 is 0.909 bits per heavy atom. The number of nitrogens with zero attached hydrogens (tertiary/aromatic N) is 1. The van der Waals surface area contributed by atoms with Gasteiger partial charge in [-0.1, -0.05) is 32.4 Å². The van der Waals surface area contributed by atoms with E-state index in [-0.39, 0.29) is 5.54 Å². The molecule has 1 heterocycles. The van der Waals surface area contributed by atoms with E-state index in [1.54, 1.807) is 0 Å². The fourth-order valence-corrected chi connectivity index (χ4v) is 10.6. The van der Waals surface area contributed by atoms with Crippen LogP contribution in [0.4, 0.5) is 0 Å². The molecule has 1 N–H and O–H groups in total. The minimum atomic E-state index is -1.38. The van der Waals surface area contributed by atoms with Crippen LogP contribution in [0.25, 0.3) is 0 Å². The van der Waals surface area contributed by atoms with Gasteiger partial charge in [0.15, 0.2) is 0 Å². The molecule has 22 heavy (non-hydrogen) atoms. The molecule has 3 fully saturated rings. The van der Waals surface area contributed by atoms with Crippen LogP contribution in [0.3, 0.4) is 0 Å². The third kappa shape index (κ3) is 3.46. The van der Waals surface area contributed by atoms with Crippen molar-refractivity contribution in [1.82, 2.24) is 9.88 Å². The average Bonchev–Trinajstić information content (AvgIpc) is 3.02. The van der Waals surface area contributed by atoms with Crippen molar-refractivity contribution < 1.29 is 0 Å². The Bertz CT molecular complexity index is 381. The van der Waals surface area contributed by atoms with Crippen molar-refractivity contribution in [2.45, 2.75) is 95.9 Å². The minimum Gasteiger partial charge on any atom is -0.332 e. The van der Waals surface area contributed by atoms with Gasteiger partial charge in [-0.25, -0.2) is 0 Å². The van der Waals surface area contributed by atoms with Gasteiger partial charge in [0.25, 0.3) is 0 Å². The Labute approximate surface area is 139 Å². The third-order valence-electron chi connectivity index (χ3n) is 6.62. The number of rotatable bonds is 3. The van der Waals surface area contributed by atoms with Gasteiger partial charge in [0.1, 0.15) is 8.24 Å². The van der Waals surface area contributed by atoms with E-state index in [1.165, 1.54) is 58.0 Å². The van der Waals surface area contributed by atoms with E-state index in [2.05, 4.69) is 43.7 Å². The van der Waals surface area contributed by atoms with E-state index in [0.29, 0.717) is 0 Å². The van der Waals surface area contributed by atoms with E-state index < -0.39 is 8.24 Å². The summed E-state index contributed by atoms with van der Waals surface area (Å²) in [6.45, 7) is 15.1. The van der Waals surface area contributed by atoms with Crippen molar-refractivity contribution in [3.05, 3.63) is 0 Å². The van der Waals surface area contributed by atoms with Crippen molar-refractivity contribution in [3.63, 3.8) is 0 Å². The largest absolute Gasteiger partial charge is 0.332 e. The van der Waals surface area contributed by atoms with Crippen LogP contribution >= 0.6 is 0 Å². The quantitative estimate of drug-likeness (QED) is 0.762. The molecule has 3 heteroatoms. The van der Waals surface area contributed by atoms with Gasteiger partial charge in [0, 0.05) is 11.6 Å². The first-order chi connectivity index (χ1) is 10.3. The SMILES string of the molecule is CC(C)(C)N[Si](C)(C)C1CC(N2CCCC2)C2CCCCC21. The Kier molecular flexibility index (Phi) is 4.80. The molecule has 0 aromatic heterocycles. The highest BCUT2D eigenvalue weighted by Crippen LogP contribution is 2.54. The number of likely N-dealkylation sites (tertiary alicyclic amines) is 1. The summed E-state index contributed by atoms with van der Waals surface area (Å²) in [5, 5.41) is 0. The first kappa shape index (κ1) is 17.0. The molecule has 1 aliphatic heterocycles. The van der Waals surface area contributed by atoms with Gasteiger partial charge in [0.05, 0.1) is 0 Å². The first-order valence-electron chi connectivity index (χ1n) is 9.81. The van der Waals surface area contributed by atoms with Crippen LogP contribution in [0.15, 0.2) is 0 Å². The minimum absolute atomic E-state index is 0.269. The molecule has 0 amide bonds. The monoisotopic (exact) mass is 322 g/mol. The van der Waals surface area contributed by atoms with E-state index in [9.17, 15) is 0 Å². The molecular weight excluding hydrogens is 284 g/mol. The molecule has 2 nitrogen and oxygen atoms in total. The summed E-state index contributed by atoms with van der Waals surface area (Å²) < 4.78 is 0. The van der Waals surface area contributed by atoms with Gasteiger partial charge in [0.2, 0.25) is 0 Å². The summed E-state index contributed by atoms with van der Waals surface area (Å²) in [4.78, 5) is 6.98. The standard InChI is InChI=1S/C19H38N2Si/c1-19(2,3)20-22(4,5)18-14-17(21-12-8-9-13-21)15-10-6-7-11-16(15)18/h15-18,20H,6-14H2,1-5H3. The number of hydrogen-bond donors (Lipinski definition) is 1. The molecule has 0 aromatic rings. The second kappa shape index (κ2) is 6.21. The Morgan fingerprint density at radius 3 is 2.09 bits per heavy atom. The van der Waals surface area contributed by atoms with Crippen LogP contribution in [0.2, 0.25) is 18.6 Å². The molecule has 1 saturated heterocycles. The summed E-state index contributed by atoms with van der Waals surface area (Å²) in [7, 11) is -1.38. The zero-order valence-electron chi connectivity index (χ0n) is 15.6. The Balaban J connectivity index is 1.78. The lowest BCUT2D eigenvalue weighted by atomic mass is 9.80. The van der Waals surface area contributed by atoms with E-state index in [0.717, 1.165) is 23.4 Å². The molecule has 3 rings (SSSR count). The molecule has 0 aromatic carbocycles. The van der Waals surface area contributed by atoms with Crippen LogP contribution < -0.4 is 4.98 Å². The van der Waals surface area contributed by atoms with Crippen LogP contribution in [-0.2, 0) is 0 Å². The Morgan fingerprint density at radius 2 is 1.50 bits per heavy atom. The van der Waals surface area contributed by atoms with Crippen molar-refractivity contribution in [2.24, 2.45) is 11.8 Å². The van der Waals surface area contributed by atoms with Gasteiger partial charge in [-0.2, -0.15) is 0 Å². The fourth-order valence-electron chi connectivity index (χ4n) is 6.16. The van der Waals surface area contributed by atoms with Gasteiger partial charge in [-0.05, 0) is 76.9 Å². The van der Waals surface area contributed by atoms with Crippen molar-refractivity contribution in [3.8, 4) is 0 Å². The maximum absolute atomic E-state index is 4.10. The highest BCUT2D eigenvalue weighted by atomic mass is 28.3. The zero-order valence-corrected chi connectivity index (χ0v) is 16.6. The predicted octanol–water partition coefficient (Wildman–Crippen LogP) is 4.62. The van der Waals surface area contributed by atoms with Gasteiger partial charge in [-0.3, -0.25) is 0 Å². The lowest BCUT2D eigenvalue weighted by Crippen LogP contribution is -2.58. The van der Waals surface area contributed by atoms with E-state index in [4.69, 9.17) is 0 Å². The smallest absolute Gasteiger partial charge is 0.123 e. The molecule has 0 spiro atoms. The highest BCUT2D eigenvalue weighted by molar-refractivity contribution is 6.76. The Hall–Kier alpha value is 0.137. The molecular formula is C19H38N2Si. The van der Waals surface area contributed by atoms with Crippen LogP contribution in [-0.4, -0.2) is 37.8 Å². The van der Waals surface area contributed by atoms with Gasteiger partial charge >= 0.3 is 0 Å². The molecule has 2 saturated carbocycles. The maximum atomic E-state index is 4.10. The van der Waals surface area contributed by atoms with Gasteiger partial charge < -0.3 is 9.88 Å². The second-order valence-corrected chi connectivity index (χ2v) is 14.3. The van der Waals surface area contributed by atoms with Crippen molar-refractivity contribution in [1.29, 1.82) is 0 Å². The van der Waals surface area contributed by atoms with Crippen LogP contribution in [0.1, 0.15) is 65.7 Å². The molecule has 2 aliphatic carbocycles. The van der Waals surface area contributed by atoms with Crippen LogP contribution in [0, 0.1) is 11.8 Å². The predicted molar refractivity (Wildman–Crippen MR) is 98.8 cm³/mol. The summed E-state index contributed by atoms with van der Waals surface area (Å²) >= 11 is 0. The average molecular weight is 323 g/mol. The third-order valence-corrected chi connectivity index (χ3v) is 10.5. The van der Waals surface area contributed by atoms with Crippen LogP contribution in [0.5, 0.6) is 0 Å². The number of fused-ring (bicyclic) bond motifs is 1.